The van der Waals surface area contributed by atoms with Crippen LogP contribution in [0.4, 0.5) is 0 Å². The van der Waals surface area contributed by atoms with E-state index in [4.69, 9.17) is 9.47 Å². The van der Waals surface area contributed by atoms with Crippen molar-refractivity contribution in [3.05, 3.63) is 0 Å². The number of methoxy groups -OCH3 is 1. The average molecular weight is 270 g/mol. The van der Waals surface area contributed by atoms with Crippen LogP contribution < -0.4 is 5.32 Å². The van der Waals surface area contributed by atoms with Crippen LogP contribution in [0.25, 0.3) is 0 Å². The van der Waals surface area contributed by atoms with Gasteiger partial charge in [-0.3, -0.25) is 9.59 Å². The molecule has 2 fully saturated rings. The van der Waals surface area contributed by atoms with Crippen LogP contribution in [0, 0.1) is 0 Å². The number of carbonyl (C=O) groups excluding carboxylic acids is 2. The Bertz CT molecular complexity index is 388. The van der Waals surface area contributed by atoms with Crippen LogP contribution in [0.1, 0.15) is 27.2 Å². The molecule has 2 aliphatic rings. The highest BCUT2D eigenvalue weighted by molar-refractivity contribution is 5.99. The molecule has 0 aromatic rings. The summed E-state index contributed by atoms with van der Waals surface area (Å²) in [5.74, 6) is -0.210. The molecule has 2 atom stereocenters. The first-order valence-electron chi connectivity index (χ1n) is 6.57. The first-order valence-corrected chi connectivity index (χ1v) is 6.57. The quantitative estimate of drug-likeness (QED) is 0.779. The van der Waals surface area contributed by atoms with Crippen molar-refractivity contribution in [2.45, 2.75) is 44.4 Å². The van der Waals surface area contributed by atoms with Crippen molar-refractivity contribution < 1.29 is 19.1 Å². The van der Waals surface area contributed by atoms with Gasteiger partial charge in [0.1, 0.15) is 17.2 Å². The van der Waals surface area contributed by atoms with Crippen molar-refractivity contribution in [1.82, 2.24) is 10.2 Å². The summed E-state index contributed by atoms with van der Waals surface area (Å²) >= 11 is 0. The summed E-state index contributed by atoms with van der Waals surface area (Å²) in [4.78, 5) is 26.0. The Labute approximate surface area is 113 Å². The average Bonchev–Trinajstić information content (AvgIpc) is 2.81. The van der Waals surface area contributed by atoms with E-state index in [1.54, 1.807) is 32.8 Å². The summed E-state index contributed by atoms with van der Waals surface area (Å²) < 4.78 is 10.9. The van der Waals surface area contributed by atoms with Gasteiger partial charge in [0.2, 0.25) is 11.8 Å². The second-order valence-corrected chi connectivity index (χ2v) is 5.91. The van der Waals surface area contributed by atoms with Gasteiger partial charge in [0.25, 0.3) is 0 Å². The van der Waals surface area contributed by atoms with E-state index in [0.29, 0.717) is 19.8 Å². The summed E-state index contributed by atoms with van der Waals surface area (Å²) in [6, 6.07) is -0.479. The van der Waals surface area contributed by atoms with E-state index in [0.717, 1.165) is 6.42 Å². The minimum atomic E-state index is -0.863. The molecule has 0 aromatic carbocycles. The third kappa shape index (κ3) is 2.47. The van der Waals surface area contributed by atoms with E-state index in [9.17, 15) is 9.59 Å². The Kier molecular flexibility index (Phi) is 3.57. The van der Waals surface area contributed by atoms with Gasteiger partial charge in [0, 0.05) is 20.1 Å². The SMILES string of the molecule is COC1(CN2C(=O)C(C)(C)NC(=O)C2C)CCOC1. The van der Waals surface area contributed by atoms with Crippen LogP contribution in [0.5, 0.6) is 0 Å². The molecule has 2 aliphatic heterocycles. The number of nitrogens with one attached hydrogen (secondary N) is 1. The van der Waals surface area contributed by atoms with Crippen LogP contribution in [0.2, 0.25) is 0 Å². The highest BCUT2D eigenvalue weighted by Crippen LogP contribution is 2.27. The fourth-order valence-electron chi connectivity index (χ4n) is 2.60. The Morgan fingerprint density at radius 3 is 2.68 bits per heavy atom. The maximum Gasteiger partial charge on any atom is 0.248 e. The standard InChI is InChI=1S/C13H22N2O4/c1-9-10(16)14-12(2,3)11(17)15(9)7-13(18-4)5-6-19-8-13/h9H,5-8H2,1-4H3,(H,14,16). The van der Waals surface area contributed by atoms with Gasteiger partial charge in [0.15, 0.2) is 0 Å². The van der Waals surface area contributed by atoms with Gasteiger partial charge < -0.3 is 19.7 Å². The zero-order valence-corrected chi connectivity index (χ0v) is 12.0. The molecule has 2 heterocycles. The number of ether oxygens (including phenoxy) is 2. The van der Waals surface area contributed by atoms with E-state index in [1.807, 2.05) is 0 Å². The summed E-state index contributed by atoms with van der Waals surface area (Å²) in [5.41, 5.74) is -1.35. The number of carbonyl (C=O) groups is 2. The van der Waals surface area contributed by atoms with E-state index < -0.39 is 17.2 Å². The number of amides is 2. The van der Waals surface area contributed by atoms with Crippen molar-refractivity contribution in [3.8, 4) is 0 Å². The number of hydrogen-bond acceptors (Lipinski definition) is 4. The second kappa shape index (κ2) is 4.76. The van der Waals surface area contributed by atoms with Gasteiger partial charge >= 0.3 is 0 Å². The first-order chi connectivity index (χ1) is 8.81. The normalized spacial score (nSPS) is 34.5. The van der Waals surface area contributed by atoms with Crippen LogP contribution in [0.15, 0.2) is 0 Å². The highest BCUT2D eigenvalue weighted by Gasteiger charge is 2.47. The lowest BCUT2D eigenvalue weighted by Gasteiger charge is -2.44. The maximum atomic E-state index is 12.5. The smallest absolute Gasteiger partial charge is 0.248 e. The molecule has 0 radical (unpaired) electrons. The van der Waals surface area contributed by atoms with Gasteiger partial charge in [-0.2, -0.15) is 0 Å². The number of piperazine rings is 1. The third-order valence-electron chi connectivity index (χ3n) is 4.04. The van der Waals surface area contributed by atoms with E-state index in [1.165, 1.54) is 0 Å². The molecule has 0 bridgehead atoms. The fraction of sp³-hybridized carbons (Fsp3) is 0.846. The van der Waals surface area contributed by atoms with Crippen molar-refractivity contribution >= 4 is 11.8 Å². The van der Waals surface area contributed by atoms with Crippen molar-refractivity contribution in [2.75, 3.05) is 26.9 Å². The Morgan fingerprint density at radius 1 is 1.47 bits per heavy atom. The molecular formula is C13H22N2O4. The van der Waals surface area contributed by atoms with Gasteiger partial charge in [-0.25, -0.2) is 0 Å². The fourth-order valence-corrected chi connectivity index (χ4v) is 2.60. The molecule has 2 amide bonds. The molecule has 2 rings (SSSR count). The number of nitrogens with zero attached hydrogens (tertiary/aromatic N) is 1. The summed E-state index contributed by atoms with van der Waals surface area (Å²) in [6.45, 7) is 6.65. The largest absolute Gasteiger partial charge is 0.378 e. The van der Waals surface area contributed by atoms with Gasteiger partial charge in [-0.15, -0.1) is 0 Å². The lowest BCUT2D eigenvalue weighted by atomic mass is 9.94. The lowest BCUT2D eigenvalue weighted by molar-refractivity contribution is -0.157. The van der Waals surface area contributed by atoms with E-state index in [2.05, 4.69) is 5.32 Å². The molecule has 0 spiro atoms. The van der Waals surface area contributed by atoms with E-state index >= 15 is 0 Å². The zero-order chi connectivity index (χ0) is 14.3. The molecule has 19 heavy (non-hydrogen) atoms. The third-order valence-corrected chi connectivity index (χ3v) is 4.04. The molecule has 2 saturated heterocycles. The summed E-state index contributed by atoms with van der Waals surface area (Å²) in [6.07, 6.45) is 0.738. The molecule has 0 aromatic heterocycles. The van der Waals surface area contributed by atoms with Gasteiger partial charge in [0.05, 0.1) is 13.2 Å². The zero-order valence-electron chi connectivity index (χ0n) is 12.0. The van der Waals surface area contributed by atoms with Crippen molar-refractivity contribution in [3.63, 3.8) is 0 Å². The summed E-state index contributed by atoms with van der Waals surface area (Å²) in [7, 11) is 1.62. The molecular weight excluding hydrogens is 248 g/mol. The van der Waals surface area contributed by atoms with E-state index in [-0.39, 0.29) is 11.8 Å². The number of hydrogen-bond donors (Lipinski definition) is 1. The number of rotatable bonds is 3. The topological polar surface area (TPSA) is 67.9 Å². The van der Waals surface area contributed by atoms with Crippen LogP contribution in [-0.4, -0.2) is 60.8 Å². The molecule has 0 aliphatic carbocycles. The van der Waals surface area contributed by atoms with Crippen molar-refractivity contribution in [1.29, 1.82) is 0 Å². The van der Waals surface area contributed by atoms with Crippen LogP contribution in [-0.2, 0) is 19.1 Å². The molecule has 6 nitrogen and oxygen atoms in total. The monoisotopic (exact) mass is 270 g/mol. The molecule has 108 valence electrons. The predicted molar refractivity (Wildman–Crippen MR) is 68.6 cm³/mol. The van der Waals surface area contributed by atoms with Gasteiger partial charge in [-0.1, -0.05) is 0 Å². The maximum absolute atomic E-state index is 12.5. The van der Waals surface area contributed by atoms with Crippen LogP contribution >= 0.6 is 0 Å². The van der Waals surface area contributed by atoms with Crippen molar-refractivity contribution in [2.24, 2.45) is 0 Å². The molecule has 0 saturated carbocycles. The van der Waals surface area contributed by atoms with Crippen LogP contribution in [0.3, 0.4) is 0 Å². The van der Waals surface area contributed by atoms with Gasteiger partial charge in [-0.05, 0) is 20.8 Å². The predicted octanol–water partition coefficient (Wildman–Crippen LogP) is -0.0826. The second-order valence-electron chi connectivity index (χ2n) is 5.91. The Morgan fingerprint density at radius 2 is 2.16 bits per heavy atom. The molecule has 1 N–H and O–H groups in total. The first kappa shape index (κ1) is 14.3. The summed E-state index contributed by atoms with van der Waals surface area (Å²) in [5, 5.41) is 2.74. The Balaban J connectivity index is 2.21. The molecule has 2 unspecified atom stereocenters. The minimum Gasteiger partial charge on any atom is -0.378 e. The minimum absolute atomic E-state index is 0.0806. The highest BCUT2D eigenvalue weighted by atomic mass is 16.5. The molecule has 6 heteroatoms. The lowest BCUT2D eigenvalue weighted by Crippen LogP contribution is -2.69. The Hall–Kier alpha value is -1.14.